The van der Waals surface area contributed by atoms with Gasteiger partial charge in [0.25, 0.3) is 0 Å². The van der Waals surface area contributed by atoms with Gasteiger partial charge in [0.05, 0.1) is 5.56 Å². The summed E-state index contributed by atoms with van der Waals surface area (Å²) in [6, 6.07) is 8.30. The molecule has 0 aliphatic heterocycles. The van der Waals surface area contributed by atoms with Gasteiger partial charge in [-0.05, 0) is 36.4 Å². The molecule has 0 fully saturated rings. The van der Waals surface area contributed by atoms with Crippen LogP contribution in [-0.4, -0.2) is 22.6 Å². The molecule has 1 aliphatic rings. The van der Waals surface area contributed by atoms with Crippen LogP contribution >= 0.6 is 0 Å². The zero-order valence-electron chi connectivity index (χ0n) is 8.87. The lowest BCUT2D eigenvalue weighted by molar-refractivity contribution is -0.113. The molecular formula is C13H10O4. The molecule has 17 heavy (non-hydrogen) atoms. The van der Waals surface area contributed by atoms with Gasteiger partial charge in [-0.2, -0.15) is 0 Å². The SMILES string of the molecule is O=C(O)c1ccccc1.O=C1C=CC(=O)C=C1. The number of allylic oxidation sites excluding steroid dienone is 4. The Morgan fingerprint density at radius 2 is 1.24 bits per heavy atom. The largest absolute Gasteiger partial charge is 0.478 e. The standard InChI is InChI=1S/C7H6O2.C6H4O2/c8-7(9)6-4-2-1-3-5-6;7-5-1-2-6(8)4-3-5/h1-5H,(H,8,9);1-4H. The quantitative estimate of drug-likeness (QED) is 0.744. The van der Waals surface area contributed by atoms with Crippen LogP contribution in [0.25, 0.3) is 0 Å². The molecule has 86 valence electrons. The Kier molecular flexibility index (Phi) is 4.57. The summed E-state index contributed by atoms with van der Waals surface area (Å²) < 4.78 is 0. The lowest BCUT2D eigenvalue weighted by Crippen LogP contribution is -1.97. The second-order valence-electron chi connectivity index (χ2n) is 3.14. The summed E-state index contributed by atoms with van der Waals surface area (Å²) in [4.78, 5) is 30.8. The zero-order valence-corrected chi connectivity index (χ0v) is 8.87. The molecule has 0 amide bonds. The van der Waals surface area contributed by atoms with Crippen LogP contribution < -0.4 is 0 Å². The summed E-state index contributed by atoms with van der Waals surface area (Å²) in [7, 11) is 0. The third kappa shape index (κ3) is 4.70. The first-order chi connectivity index (χ1) is 8.09. The van der Waals surface area contributed by atoms with E-state index in [1.54, 1.807) is 30.3 Å². The van der Waals surface area contributed by atoms with Gasteiger partial charge in [0, 0.05) is 0 Å². The molecule has 1 aliphatic carbocycles. The van der Waals surface area contributed by atoms with Crippen LogP contribution in [0.2, 0.25) is 0 Å². The number of carbonyl (C=O) groups excluding carboxylic acids is 2. The van der Waals surface area contributed by atoms with Crippen molar-refractivity contribution >= 4 is 17.5 Å². The van der Waals surface area contributed by atoms with Crippen LogP contribution in [0.5, 0.6) is 0 Å². The van der Waals surface area contributed by atoms with E-state index in [-0.39, 0.29) is 11.6 Å². The number of carbonyl (C=O) groups is 3. The molecule has 1 N–H and O–H groups in total. The van der Waals surface area contributed by atoms with Gasteiger partial charge in [-0.1, -0.05) is 18.2 Å². The van der Waals surface area contributed by atoms with Crippen molar-refractivity contribution in [3.05, 3.63) is 60.2 Å². The Balaban J connectivity index is 0.000000171. The minimum Gasteiger partial charge on any atom is -0.478 e. The predicted molar refractivity (Wildman–Crippen MR) is 61.7 cm³/mol. The van der Waals surface area contributed by atoms with Crippen LogP contribution in [-0.2, 0) is 9.59 Å². The molecule has 0 radical (unpaired) electrons. The van der Waals surface area contributed by atoms with Crippen molar-refractivity contribution in [3.8, 4) is 0 Å². The van der Waals surface area contributed by atoms with Crippen molar-refractivity contribution in [1.82, 2.24) is 0 Å². The van der Waals surface area contributed by atoms with Gasteiger partial charge in [-0.25, -0.2) is 4.79 Å². The second-order valence-corrected chi connectivity index (χ2v) is 3.14. The van der Waals surface area contributed by atoms with Gasteiger partial charge < -0.3 is 5.11 Å². The maximum Gasteiger partial charge on any atom is 0.335 e. The predicted octanol–water partition coefficient (Wildman–Crippen LogP) is 1.64. The van der Waals surface area contributed by atoms with Gasteiger partial charge in [0.2, 0.25) is 0 Å². The monoisotopic (exact) mass is 230 g/mol. The minimum absolute atomic E-state index is 0.121. The molecule has 0 aromatic heterocycles. The number of ketones is 2. The van der Waals surface area contributed by atoms with Crippen molar-refractivity contribution in [3.63, 3.8) is 0 Å². The molecule has 0 saturated carbocycles. The van der Waals surface area contributed by atoms with Crippen molar-refractivity contribution in [2.45, 2.75) is 0 Å². The number of hydrogen-bond donors (Lipinski definition) is 1. The number of benzene rings is 1. The van der Waals surface area contributed by atoms with E-state index in [0.29, 0.717) is 5.56 Å². The molecule has 1 aromatic carbocycles. The number of aromatic carboxylic acids is 1. The lowest BCUT2D eigenvalue weighted by Gasteiger charge is -1.88. The smallest absolute Gasteiger partial charge is 0.335 e. The van der Waals surface area contributed by atoms with E-state index in [2.05, 4.69) is 0 Å². The van der Waals surface area contributed by atoms with E-state index in [4.69, 9.17) is 5.11 Å². The molecule has 0 spiro atoms. The van der Waals surface area contributed by atoms with Crippen LogP contribution in [0.1, 0.15) is 10.4 Å². The number of carboxylic acid groups (broad SMARTS) is 1. The number of rotatable bonds is 1. The first-order valence-electron chi connectivity index (χ1n) is 4.82. The molecule has 4 nitrogen and oxygen atoms in total. The maximum atomic E-state index is 10.3. The van der Waals surface area contributed by atoms with Gasteiger partial charge >= 0.3 is 5.97 Å². The van der Waals surface area contributed by atoms with E-state index < -0.39 is 5.97 Å². The highest BCUT2D eigenvalue weighted by molar-refractivity contribution is 6.14. The summed E-state index contributed by atoms with van der Waals surface area (Å²) in [6.07, 6.45) is 5.01. The average Bonchev–Trinajstić information content (AvgIpc) is 2.35. The normalized spacial score (nSPS) is 12.9. The fraction of sp³-hybridized carbons (Fsp3) is 0. The van der Waals surface area contributed by atoms with Crippen molar-refractivity contribution in [1.29, 1.82) is 0 Å². The molecule has 0 heterocycles. The summed E-state index contributed by atoms with van der Waals surface area (Å²) in [5.74, 6) is -1.12. The molecule has 0 bridgehead atoms. The van der Waals surface area contributed by atoms with Crippen LogP contribution in [0.15, 0.2) is 54.6 Å². The van der Waals surface area contributed by atoms with Crippen molar-refractivity contribution in [2.24, 2.45) is 0 Å². The van der Waals surface area contributed by atoms with Gasteiger partial charge in [0.1, 0.15) is 0 Å². The Morgan fingerprint density at radius 3 is 1.53 bits per heavy atom. The van der Waals surface area contributed by atoms with E-state index in [0.717, 1.165) is 0 Å². The molecule has 4 heteroatoms. The lowest BCUT2D eigenvalue weighted by atomic mass is 10.2. The maximum absolute atomic E-state index is 10.3. The molecule has 1 aromatic rings. The van der Waals surface area contributed by atoms with E-state index >= 15 is 0 Å². The van der Waals surface area contributed by atoms with Crippen molar-refractivity contribution < 1.29 is 19.5 Å². The third-order valence-corrected chi connectivity index (χ3v) is 1.84. The Morgan fingerprint density at radius 1 is 0.824 bits per heavy atom. The molecular weight excluding hydrogens is 220 g/mol. The Hall–Kier alpha value is -2.49. The van der Waals surface area contributed by atoms with Crippen LogP contribution in [0, 0.1) is 0 Å². The molecule has 0 unspecified atom stereocenters. The summed E-state index contributed by atoms with van der Waals surface area (Å²) in [5.41, 5.74) is 0.331. The highest BCUT2D eigenvalue weighted by Crippen LogP contribution is 1.96. The van der Waals surface area contributed by atoms with Crippen LogP contribution in [0.4, 0.5) is 0 Å². The summed E-state index contributed by atoms with van der Waals surface area (Å²) in [6.45, 7) is 0. The van der Waals surface area contributed by atoms with Crippen LogP contribution in [0.3, 0.4) is 0 Å². The topological polar surface area (TPSA) is 71.4 Å². The van der Waals surface area contributed by atoms with Gasteiger partial charge in [-0.3, -0.25) is 9.59 Å². The first kappa shape index (κ1) is 12.6. The summed E-state index contributed by atoms with van der Waals surface area (Å²) >= 11 is 0. The van der Waals surface area contributed by atoms with Gasteiger partial charge in [0.15, 0.2) is 11.6 Å². The molecule has 0 saturated heterocycles. The zero-order chi connectivity index (χ0) is 12.7. The molecule has 2 rings (SSSR count). The number of hydrogen-bond acceptors (Lipinski definition) is 3. The minimum atomic E-state index is -0.879. The van der Waals surface area contributed by atoms with E-state index in [1.807, 2.05) is 0 Å². The van der Waals surface area contributed by atoms with E-state index in [1.165, 1.54) is 24.3 Å². The second kappa shape index (κ2) is 6.17. The van der Waals surface area contributed by atoms with Crippen molar-refractivity contribution in [2.75, 3.05) is 0 Å². The number of carboxylic acids is 1. The highest BCUT2D eigenvalue weighted by Gasteiger charge is 1.98. The fourth-order valence-electron chi connectivity index (χ4n) is 1.02. The average molecular weight is 230 g/mol. The van der Waals surface area contributed by atoms with E-state index in [9.17, 15) is 14.4 Å². The summed E-state index contributed by atoms with van der Waals surface area (Å²) in [5, 5.41) is 8.38. The fourth-order valence-corrected chi connectivity index (χ4v) is 1.02. The third-order valence-electron chi connectivity index (χ3n) is 1.84. The van der Waals surface area contributed by atoms with Gasteiger partial charge in [-0.15, -0.1) is 0 Å². The Bertz CT molecular complexity index is 445. The first-order valence-corrected chi connectivity index (χ1v) is 4.82. The Labute approximate surface area is 97.9 Å². The highest BCUT2D eigenvalue weighted by atomic mass is 16.4. The molecule has 0 atom stereocenters.